The molecule has 0 aliphatic heterocycles. The minimum Gasteiger partial charge on any atom is -0.466 e. The van der Waals surface area contributed by atoms with Crippen LogP contribution in [0.1, 0.15) is 6.92 Å². The van der Waals surface area contributed by atoms with E-state index in [1.54, 1.807) is 0 Å². The molecule has 0 amide bonds. The molecule has 1 atom stereocenters. The van der Waals surface area contributed by atoms with Gasteiger partial charge in [-0.3, -0.25) is 0 Å². The van der Waals surface area contributed by atoms with Crippen molar-refractivity contribution in [1.29, 1.82) is 0 Å². The minimum atomic E-state index is -2.19. The van der Waals surface area contributed by atoms with E-state index in [1.165, 1.54) is 23.0 Å². The van der Waals surface area contributed by atoms with Gasteiger partial charge in [0.1, 0.15) is 23.2 Å². The maximum Gasteiger partial charge on any atom is 0.347 e. The minimum absolute atomic E-state index is 0.176. The van der Waals surface area contributed by atoms with E-state index in [1.807, 2.05) is 61.5 Å². The van der Waals surface area contributed by atoms with Crippen LogP contribution in [0, 0.1) is 0 Å². The van der Waals surface area contributed by atoms with E-state index in [0.717, 1.165) is 0 Å². The zero-order chi connectivity index (χ0) is 17.7. The molecule has 0 aromatic heterocycles. The molecule has 3 aromatic rings. The van der Waals surface area contributed by atoms with E-state index in [2.05, 4.69) is 36.4 Å². The van der Waals surface area contributed by atoms with Crippen molar-refractivity contribution in [3.63, 3.8) is 0 Å². The Labute approximate surface area is 149 Å². The first-order chi connectivity index (χ1) is 12.2. The van der Waals surface area contributed by atoms with Gasteiger partial charge < -0.3 is 4.74 Å². The van der Waals surface area contributed by atoms with Crippen molar-refractivity contribution < 1.29 is 9.53 Å². The number of carbonyl (C=O) groups excluding carboxylic acids is 1. The fourth-order valence-electron chi connectivity index (χ4n) is 3.44. The van der Waals surface area contributed by atoms with Crippen molar-refractivity contribution in [1.82, 2.24) is 0 Å². The zero-order valence-electron chi connectivity index (χ0n) is 14.5. The van der Waals surface area contributed by atoms with Gasteiger partial charge in [-0.15, -0.1) is 0 Å². The lowest BCUT2D eigenvalue weighted by molar-refractivity contribution is -0.139. The highest BCUT2D eigenvalue weighted by atomic mass is 31.2. The van der Waals surface area contributed by atoms with Crippen LogP contribution >= 0.6 is 7.26 Å². The average molecular weight is 349 g/mol. The van der Waals surface area contributed by atoms with E-state index in [-0.39, 0.29) is 11.6 Å². The molecule has 0 saturated carbocycles. The van der Waals surface area contributed by atoms with Crippen molar-refractivity contribution in [2.24, 2.45) is 0 Å². The summed E-state index contributed by atoms with van der Waals surface area (Å²) < 4.78 is 5.17. The number of esters is 1. The number of benzene rings is 3. The molecule has 126 valence electrons. The Bertz CT molecular complexity index is 720. The second kappa shape index (κ2) is 7.63. The standard InChI is InChI=1S/C22H22O2P/c1-18(22(23)24-2)25(19-12-6-3-7-13-19,20-14-8-4-9-15-20)21-16-10-5-11-17-21/h3-18H,1-2H3/q+1/t18-/m1/s1. The molecule has 0 radical (unpaired) electrons. The Hall–Kier alpha value is -2.44. The second-order valence-corrected chi connectivity index (χ2v) is 9.70. The second-order valence-electron chi connectivity index (χ2n) is 5.93. The topological polar surface area (TPSA) is 26.3 Å². The van der Waals surface area contributed by atoms with Crippen molar-refractivity contribution in [3.05, 3.63) is 91.0 Å². The van der Waals surface area contributed by atoms with Gasteiger partial charge in [-0.2, -0.15) is 0 Å². The first kappa shape index (κ1) is 17.4. The number of hydrogen-bond acceptors (Lipinski definition) is 2. The molecule has 0 bridgehead atoms. The lowest BCUT2D eigenvalue weighted by atomic mass is 10.3. The first-order valence-electron chi connectivity index (χ1n) is 8.34. The number of carbonyl (C=O) groups is 1. The van der Waals surface area contributed by atoms with Crippen LogP contribution in [0.4, 0.5) is 0 Å². The van der Waals surface area contributed by atoms with Crippen molar-refractivity contribution in [2.45, 2.75) is 12.6 Å². The van der Waals surface area contributed by atoms with Crippen LogP contribution in [0.25, 0.3) is 0 Å². The molecule has 0 heterocycles. The summed E-state index contributed by atoms with van der Waals surface area (Å²) >= 11 is 0. The summed E-state index contributed by atoms with van der Waals surface area (Å²) in [5.74, 6) is -0.176. The van der Waals surface area contributed by atoms with Crippen molar-refractivity contribution >= 4 is 29.1 Å². The van der Waals surface area contributed by atoms with E-state index >= 15 is 0 Å². The maximum atomic E-state index is 12.7. The predicted octanol–water partition coefficient (Wildman–Crippen LogP) is 3.54. The maximum absolute atomic E-state index is 12.7. The summed E-state index contributed by atoms with van der Waals surface area (Å²) in [7, 11) is -0.725. The van der Waals surface area contributed by atoms with Gasteiger partial charge in [-0.25, -0.2) is 4.79 Å². The van der Waals surface area contributed by atoms with Gasteiger partial charge in [0, 0.05) is 0 Å². The van der Waals surface area contributed by atoms with Crippen molar-refractivity contribution in [3.8, 4) is 0 Å². The first-order valence-corrected chi connectivity index (χ1v) is 10.2. The third-order valence-electron chi connectivity index (χ3n) is 4.61. The molecule has 0 aliphatic carbocycles. The molecular formula is C22H22O2P+. The molecule has 0 aliphatic rings. The lowest BCUT2D eigenvalue weighted by Gasteiger charge is -2.31. The van der Waals surface area contributed by atoms with Crippen LogP contribution in [0.15, 0.2) is 91.0 Å². The molecule has 0 saturated heterocycles. The summed E-state index contributed by atoms with van der Waals surface area (Å²) in [5.41, 5.74) is -0.273. The number of ether oxygens (including phenoxy) is 1. The highest BCUT2D eigenvalue weighted by Crippen LogP contribution is 2.59. The molecule has 0 unspecified atom stereocenters. The van der Waals surface area contributed by atoms with Gasteiger partial charge in [0.15, 0.2) is 5.66 Å². The van der Waals surface area contributed by atoms with Crippen LogP contribution in [0.2, 0.25) is 0 Å². The Morgan fingerprint density at radius 1 is 0.720 bits per heavy atom. The Balaban J connectivity index is 2.38. The summed E-state index contributed by atoms with van der Waals surface area (Å²) in [4.78, 5) is 12.7. The molecule has 0 spiro atoms. The third-order valence-corrected chi connectivity index (χ3v) is 9.32. The normalized spacial score (nSPS) is 12.4. The largest absolute Gasteiger partial charge is 0.466 e. The van der Waals surface area contributed by atoms with Gasteiger partial charge in [-0.1, -0.05) is 54.6 Å². The van der Waals surface area contributed by atoms with E-state index in [0.29, 0.717) is 0 Å². The van der Waals surface area contributed by atoms with Crippen LogP contribution in [-0.2, 0) is 9.53 Å². The van der Waals surface area contributed by atoms with Crippen LogP contribution < -0.4 is 15.9 Å². The van der Waals surface area contributed by atoms with Gasteiger partial charge >= 0.3 is 5.97 Å². The number of hydrogen-bond donors (Lipinski definition) is 0. The summed E-state index contributed by atoms with van der Waals surface area (Å²) in [6.45, 7) is 1.99. The van der Waals surface area contributed by atoms with E-state index in [4.69, 9.17) is 4.74 Å². The lowest BCUT2D eigenvalue weighted by Crippen LogP contribution is -2.41. The van der Waals surface area contributed by atoms with Crippen LogP contribution in [-0.4, -0.2) is 18.7 Å². The molecular weight excluding hydrogens is 327 g/mol. The number of rotatable bonds is 5. The molecule has 25 heavy (non-hydrogen) atoms. The molecule has 3 heteroatoms. The van der Waals surface area contributed by atoms with Gasteiger partial charge in [-0.05, 0) is 43.3 Å². The van der Waals surface area contributed by atoms with Crippen molar-refractivity contribution in [2.75, 3.05) is 7.11 Å². The number of methoxy groups -OCH3 is 1. The summed E-state index contributed by atoms with van der Waals surface area (Å²) in [6.07, 6.45) is 0. The fourth-order valence-corrected chi connectivity index (χ4v) is 8.02. The molecule has 0 N–H and O–H groups in total. The molecule has 3 rings (SSSR count). The average Bonchev–Trinajstić information content (AvgIpc) is 2.70. The van der Waals surface area contributed by atoms with E-state index < -0.39 is 7.26 Å². The predicted molar refractivity (Wildman–Crippen MR) is 107 cm³/mol. The van der Waals surface area contributed by atoms with E-state index in [9.17, 15) is 4.79 Å². The summed E-state index contributed by atoms with van der Waals surface area (Å²) in [5, 5.41) is 3.56. The fraction of sp³-hybridized carbons (Fsp3) is 0.136. The highest BCUT2D eigenvalue weighted by Gasteiger charge is 2.53. The molecule has 2 nitrogen and oxygen atoms in total. The van der Waals surface area contributed by atoms with Gasteiger partial charge in [0.2, 0.25) is 0 Å². The van der Waals surface area contributed by atoms with Crippen LogP contribution in [0.3, 0.4) is 0 Å². The summed E-state index contributed by atoms with van der Waals surface area (Å²) in [6, 6.07) is 31.1. The smallest absolute Gasteiger partial charge is 0.347 e. The molecule has 3 aromatic carbocycles. The third kappa shape index (κ3) is 3.10. The Morgan fingerprint density at radius 3 is 1.32 bits per heavy atom. The molecule has 0 fully saturated rings. The Morgan fingerprint density at radius 2 is 1.04 bits per heavy atom. The van der Waals surface area contributed by atoms with Gasteiger partial charge in [0.25, 0.3) is 0 Å². The SMILES string of the molecule is COC(=O)[C@@H](C)[P+](c1ccccc1)(c1ccccc1)c1ccccc1. The van der Waals surface area contributed by atoms with Gasteiger partial charge in [0.05, 0.1) is 7.11 Å². The van der Waals surface area contributed by atoms with Crippen LogP contribution in [0.5, 0.6) is 0 Å². The quantitative estimate of drug-likeness (QED) is 0.520. The monoisotopic (exact) mass is 349 g/mol. The zero-order valence-corrected chi connectivity index (χ0v) is 15.4. The Kier molecular flexibility index (Phi) is 5.31. The highest BCUT2D eigenvalue weighted by molar-refractivity contribution is 7.96.